The Morgan fingerprint density at radius 2 is 1.66 bits per heavy atom. The zero-order valence-corrected chi connectivity index (χ0v) is 30.8. The predicted octanol–water partition coefficient (Wildman–Crippen LogP) is 9.66. The Morgan fingerprint density at radius 1 is 0.925 bits per heavy atom. The average molecular weight is 701 g/mol. The van der Waals surface area contributed by atoms with Gasteiger partial charge in [0, 0.05) is 51.5 Å². The van der Waals surface area contributed by atoms with Crippen LogP contribution in [0.2, 0.25) is 0 Å². The van der Waals surface area contributed by atoms with Crippen molar-refractivity contribution in [3.8, 4) is 0 Å². The summed E-state index contributed by atoms with van der Waals surface area (Å²) in [5.41, 5.74) is 13.8. The first-order valence-corrected chi connectivity index (χ1v) is 18.3. The van der Waals surface area contributed by atoms with Crippen LogP contribution in [-0.4, -0.2) is 42.4 Å². The first kappa shape index (κ1) is 32.8. The number of carbonyl (C=O) groups is 1. The summed E-state index contributed by atoms with van der Waals surface area (Å²) in [6.45, 7) is 14.7. The maximum Gasteiger partial charge on any atom is 0.305 e. The van der Waals surface area contributed by atoms with Crippen LogP contribution in [0.5, 0.6) is 0 Å². The third-order valence-corrected chi connectivity index (χ3v) is 11.7. The SMILES string of the molecule is C=Cc1c(C)c2cc3nc(c4c(=O)n5c6cc7ccccc7cc6nc5c5c(C)c(cc6nc(cc1[nH]2)C(C)=C6CC)[nH]c45)[C@@H](CCC(=O)OC)[C@@H]3C. The first-order chi connectivity index (χ1) is 25.6. The van der Waals surface area contributed by atoms with Crippen LogP contribution in [0.15, 0.2) is 66.0 Å². The Labute approximate surface area is 305 Å². The van der Waals surface area contributed by atoms with E-state index in [1.807, 2.05) is 18.2 Å². The van der Waals surface area contributed by atoms with Crippen molar-refractivity contribution < 1.29 is 9.53 Å². The lowest BCUT2D eigenvalue weighted by atomic mass is 9.86. The van der Waals surface area contributed by atoms with E-state index in [9.17, 15) is 4.79 Å². The van der Waals surface area contributed by atoms with E-state index in [4.69, 9.17) is 19.7 Å². The summed E-state index contributed by atoms with van der Waals surface area (Å²) in [5, 5.41) is 3.44. The van der Waals surface area contributed by atoms with E-state index in [1.54, 1.807) is 4.40 Å². The van der Waals surface area contributed by atoms with Gasteiger partial charge in [0.15, 0.2) is 5.65 Å². The molecule has 2 atom stereocenters. The highest BCUT2D eigenvalue weighted by Crippen LogP contribution is 2.43. The van der Waals surface area contributed by atoms with E-state index < -0.39 is 0 Å². The summed E-state index contributed by atoms with van der Waals surface area (Å²) in [6.07, 6.45) is 3.36. The van der Waals surface area contributed by atoms with Gasteiger partial charge in [0.25, 0.3) is 5.56 Å². The number of ether oxygens (including phenoxy) is 1. The van der Waals surface area contributed by atoms with Crippen molar-refractivity contribution >= 4 is 83.5 Å². The van der Waals surface area contributed by atoms with Gasteiger partial charge in [-0.2, -0.15) is 0 Å². The van der Waals surface area contributed by atoms with Crippen molar-refractivity contribution in [2.75, 3.05) is 7.11 Å². The van der Waals surface area contributed by atoms with Crippen molar-refractivity contribution in [1.82, 2.24) is 29.3 Å². The number of aromatic amines is 2. The third kappa shape index (κ3) is 4.79. The molecule has 0 unspecified atom stereocenters. The molecule has 7 heterocycles. The maximum atomic E-state index is 15.3. The molecule has 8 bridgehead atoms. The molecule has 53 heavy (non-hydrogen) atoms. The minimum absolute atomic E-state index is 0.100. The molecule has 0 amide bonds. The van der Waals surface area contributed by atoms with Gasteiger partial charge in [-0.25, -0.2) is 9.97 Å². The highest BCUT2D eigenvalue weighted by atomic mass is 16.5. The number of rotatable bonds is 5. The number of hydrogen-bond donors (Lipinski definition) is 2. The van der Waals surface area contributed by atoms with Crippen molar-refractivity contribution in [2.24, 2.45) is 0 Å². The molecule has 2 aliphatic heterocycles. The number of aromatic nitrogens is 6. The lowest BCUT2D eigenvalue weighted by Crippen LogP contribution is -2.16. The molecule has 2 N–H and O–H groups in total. The molecule has 0 aliphatic carbocycles. The fourth-order valence-electron chi connectivity index (χ4n) is 8.68. The van der Waals surface area contributed by atoms with Crippen LogP contribution < -0.4 is 5.56 Å². The molecule has 264 valence electrons. The van der Waals surface area contributed by atoms with Crippen LogP contribution in [-0.2, 0) is 9.53 Å². The first-order valence-electron chi connectivity index (χ1n) is 18.3. The number of allylic oxidation sites excluding steroid dienone is 2. The lowest BCUT2D eigenvalue weighted by Gasteiger charge is -2.16. The Hall–Kier alpha value is -6.09. The summed E-state index contributed by atoms with van der Waals surface area (Å²) in [5.74, 6) is -0.629. The fraction of sp³-hybridized carbons (Fsp3) is 0.250. The number of pyridine rings is 1. The zero-order valence-electron chi connectivity index (χ0n) is 30.8. The van der Waals surface area contributed by atoms with Gasteiger partial charge in [-0.3, -0.25) is 19.0 Å². The van der Waals surface area contributed by atoms with Crippen LogP contribution in [0.25, 0.3) is 77.5 Å². The molecule has 2 aromatic carbocycles. The van der Waals surface area contributed by atoms with Gasteiger partial charge in [0.05, 0.1) is 46.1 Å². The predicted molar refractivity (Wildman–Crippen MR) is 214 cm³/mol. The zero-order chi connectivity index (χ0) is 36.9. The molecule has 0 radical (unpaired) electrons. The molecule has 7 aromatic rings. The van der Waals surface area contributed by atoms with Gasteiger partial charge >= 0.3 is 5.97 Å². The minimum Gasteiger partial charge on any atom is -0.469 e. The second-order valence-corrected chi connectivity index (χ2v) is 14.5. The summed E-state index contributed by atoms with van der Waals surface area (Å²) >= 11 is 0. The van der Waals surface area contributed by atoms with Crippen LogP contribution in [0.3, 0.4) is 0 Å². The molecule has 9 nitrogen and oxygen atoms in total. The molecule has 2 aliphatic rings. The Morgan fingerprint density at radius 3 is 2.40 bits per heavy atom. The quantitative estimate of drug-likeness (QED) is 0.173. The Balaban J connectivity index is 1.52. The summed E-state index contributed by atoms with van der Waals surface area (Å²) in [6, 6.07) is 18.5. The third-order valence-electron chi connectivity index (χ3n) is 11.7. The number of methoxy groups -OCH3 is 1. The minimum atomic E-state index is -0.296. The average Bonchev–Trinajstić information content (AvgIpc) is 3.91. The topological polar surface area (TPSA) is 118 Å². The van der Waals surface area contributed by atoms with E-state index in [2.05, 4.69) is 93.6 Å². The van der Waals surface area contributed by atoms with Gasteiger partial charge in [0.1, 0.15) is 0 Å². The monoisotopic (exact) mass is 700 g/mol. The van der Waals surface area contributed by atoms with Crippen molar-refractivity contribution in [1.29, 1.82) is 0 Å². The molecule has 0 fully saturated rings. The molecule has 5 aromatic heterocycles. The number of nitrogens with zero attached hydrogens (tertiary/aromatic N) is 4. The number of hydrogen-bond acceptors (Lipinski definition) is 6. The van der Waals surface area contributed by atoms with Crippen LogP contribution in [0.1, 0.15) is 91.3 Å². The summed E-state index contributed by atoms with van der Waals surface area (Å²) in [4.78, 5) is 50.8. The highest BCUT2D eigenvalue weighted by molar-refractivity contribution is 6.11. The second-order valence-electron chi connectivity index (χ2n) is 14.5. The molecule has 0 spiro atoms. The maximum absolute atomic E-state index is 15.3. The van der Waals surface area contributed by atoms with Crippen molar-refractivity contribution in [2.45, 2.75) is 65.7 Å². The second kappa shape index (κ2) is 12.0. The van der Waals surface area contributed by atoms with Crippen LogP contribution >= 0.6 is 0 Å². The molecular weight excluding hydrogens is 661 g/mol. The molecule has 0 saturated heterocycles. The van der Waals surface area contributed by atoms with Crippen LogP contribution in [0.4, 0.5) is 0 Å². The molecule has 9 heteroatoms. The summed E-state index contributed by atoms with van der Waals surface area (Å²) in [7, 11) is 1.41. The smallest absolute Gasteiger partial charge is 0.305 e. The van der Waals surface area contributed by atoms with E-state index >= 15 is 4.79 Å². The van der Waals surface area contributed by atoms with Crippen molar-refractivity contribution in [3.63, 3.8) is 0 Å². The highest BCUT2D eigenvalue weighted by Gasteiger charge is 2.33. The number of esters is 1. The van der Waals surface area contributed by atoms with Gasteiger partial charge in [-0.15, -0.1) is 0 Å². The normalized spacial score (nSPS) is 16.1. The van der Waals surface area contributed by atoms with Crippen molar-refractivity contribution in [3.05, 3.63) is 111 Å². The molecular formula is C44H40N6O3. The standard InChI is InChI=1S/C44H40N6O3/c1-8-27-21(3)30-18-32-23(5)29(14-15-38(51)53-7)41(47-32)40-42-39(43-49-36-16-25-12-10-11-13-26(25)17-37(36)50(43)44(40)52)24(6)33(48-42)20-35-28(9-2)22(4)31(46-35)19-34(27)45-30/h8,10-13,16-20,23,29,45,48H,1,9,14-15H2,2-7H3/t23-,29-/m0/s1. The largest absolute Gasteiger partial charge is 0.469 e. The number of fused-ring (bicyclic) bond motifs is 13. The number of carbonyl (C=O) groups excluding carboxylic acids is 1. The van der Waals surface area contributed by atoms with Gasteiger partial charge in [-0.05, 0) is 97.0 Å². The number of H-pyrrole nitrogens is 2. The molecule has 9 rings (SSSR count). The number of benzene rings is 2. The van der Waals surface area contributed by atoms with Gasteiger partial charge < -0.3 is 14.7 Å². The van der Waals surface area contributed by atoms with E-state index in [0.29, 0.717) is 28.7 Å². The lowest BCUT2D eigenvalue weighted by molar-refractivity contribution is -0.140. The van der Waals surface area contributed by atoms with E-state index in [-0.39, 0.29) is 29.8 Å². The Bertz CT molecular complexity index is 3000. The number of nitrogens with one attached hydrogen (secondary N) is 2. The summed E-state index contributed by atoms with van der Waals surface area (Å²) < 4.78 is 6.84. The van der Waals surface area contributed by atoms with Gasteiger partial charge in [-0.1, -0.05) is 50.8 Å². The van der Waals surface area contributed by atoms with E-state index in [0.717, 1.165) is 95.1 Å². The number of imidazole rings is 1. The Kier molecular flexibility index (Phi) is 7.41. The van der Waals surface area contributed by atoms with Crippen LogP contribution in [0, 0.1) is 13.8 Å². The molecule has 0 saturated carbocycles. The van der Waals surface area contributed by atoms with E-state index in [1.165, 1.54) is 7.11 Å². The fourth-order valence-corrected chi connectivity index (χ4v) is 8.68. The van der Waals surface area contributed by atoms with Gasteiger partial charge in [0.2, 0.25) is 0 Å². The number of aryl methyl sites for hydroxylation is 2.